The summed E-state index contributed by atoms with van der Waals surface area (Å²) < 4.78 is 33.5. The van der Waals surface area contributed by atoms with Crippen LogP contribution in [-0.2, 0) is 20.9 Å². The van der Waals surface area contributed by atoms with E-state index in [2.05, 4.69) is 17.8 Å². The van der Waals surface area contributed by atoms with Gasteiger partial charge in [0.15, 0.2) is 0 Å². The third kappa shape index (κ3) is 7.64. The number of hydrogen-bond donors (Lipinski definition) is 3. The lowest BCUT2D eigenvalue weighted by Gasteiger charge is -2.59. The van der Waals surface area contributed by atoms with Gasteiger partial charge in [-0.3, -0.25) is 4.90 Å². The molecule has 2 aromatic rings. The van der Waals surface area contributed by atoms with Gasteiger partial charge in [0.05, 0.1) is 24.8 Å². The normalized spacial score (nSPS) is 26.2. The zero-order valence-electron chi connectivity index (χ0n) is 28.4. The molecule has 266 valence electrons. The minimum atomic E-state index is -1.46. The fourth-order valence-corrected chi connectivity index (χ4v) is 8.06. The van der Waals surface area contributed by atoms with Crippen LogP contribution in [0.2, 0.25) is 0 Å². The molecule has 2 aromatic carbocycles. The molecule has 0 radical (unpaired) electrons. The molecule has 1 heterocycles. The zero-order chi connectivity index (χ0) is 35.0. The van der Waals surface area contributed by atoms with Crippen molar-refractivity contribution in [2.24, 2.45) is 22.9 Å². The summed E-state index contributed by atoms with van der Waals surface area (Å²) in [7, 11) is 1.49. The molecule has 6 unspecified atom stereocenters. The number of aromatic hydroxyl groups is 1. The van der Waals surface area contributed by atoms with Crippen LogP contribution in [0, 0.1) is 23.6 Å². The van der Waals surface area contributed by atoms with E-state index in [1.54, 1.807) is 48.2 Å². The quantitative estimate of drug-likeness (QED) is 0.105. The second-order valence-corrected chi connectivity index (χ2v) is 12.9. The highest BCUT2D eigenvalue weighted by Gasteiger charge is 2.65. The maximum absolute atomic E-state index is 14.0. The molecule has 6 atom stereocenters. The maximum atomic E-state index is 14.0. The number of halogens is 1. The first-order valence-corrected chi connectivity index (χ1v) is 17.3. The summed E-state index contributed by atoms with van der Waals surface area (Å²) in [4.78, 5) is 21.0. The standard InChI is InChI=1S/C38H49FN2O8/c1-4-20-48-38-34(41(37(45)47-5-2)24-25-12-14-27(39)15-13-25)23-32(40-46-3)30-21-26(10-6-8-18-42)29(11-7-9-19-43)35(36(30)38)31-22-28(44)16-17-33(31)49-38/h4,12-17,21-22,26,29,34-36,42-44H,1,5-11,18-20,23-24H2,2-3H3. The van der Waals surface area contributed by atoms with Crippen LogP contribution in [0.4, 0.5) is 9.18 Å². The second kappa shape index (κ2) is 16.7. The predicted octanol–water partition coefficient (Wildman–Crippen LogP) is 6.45. The molecular formula is C38H49FN2O8. The van der Waals surface area contributed by atoms with Gasteiger partial charge in [-0.1, -0.05) is 42.3 Å². The molecule has 0 saturated heterocycles. The number of fused-ring (bicyclic) bond motifs is 2. The summed E-state index contributed by atoms with van der Waals surface area (Å²) in [5.74, 6) is -1.86. The van der Waals surface area contributed by atoms with Crippen molar-refractivity contribution in [3.8, 4) is 11.5 Å². The van der Waals surface area contributed by atoms with E-state index in [1.807, 2.05) is 0 Å². The third-order valence-corrected chi connectivity index (χ3v) is 10.0. The molecule has 49 heavy (non-hydrogen) atoms. The molecule has 5 rings (SSSR count). The van der Waals surface area contributed by atoms with Crippen LogP contribution in [-0.4, -0.2) is 77.4 Å². The van der Waals surface area contributed by atoms with Gasteiger partial charge >= 0.3 is 6.09 Å². The number of phenolic OH excluding ortho intramolecular Hbond substituents is 1. The van der Waals surface area contributed by atoms with Gasteiger partial charge in [0, 0.05) is 37.7 Å². The molecule has 3 aliphatic rings. The van der Waals surface area contributed by atoms with Crippen LogP contribution in [0.15, 0.2) is 71.9 Å². The summed E-state index contributed by atoms with van der Waals surface area (Å²) in [5.41, 5.74) is 3.04. The predicted molar refractivity (Wildman–Crippen MR) is 183 cm³/mol. The van der Waals surface area contributed by atoms with Gasteiger partial charge in [-0.25, -0.2) is 9.18 Å². The fourth-order valence-electron chi connectivity index (χ4n) is 8.06. The minimum absolute atomic E-state index is 0.0332. The van der Waals surface area contributed by atoms with Crippen molar-refractivity contribution in [2.75, 3.05) is 33.5 Å². The highest BCUT2D eigenvalue weighted by atomic mass is 19.1. The summed E-state index contributed by atoms with van der Waals surface area (Å²) in [5, 5.41) is 34.7. The number of rotatable bonds is 16. The lowest BCUT2D eigenvalue weighted by Crippen LogP contribution is -2.70. The first-order valence-electron chi connectivity index (χ1n) is 17.3. The van der Waals surface area contributed by atoms with Crippen LogP contribution in [0.25, 0.3) is 0 Å². The van der Waals surface area contributed by atoms with Crippen LogP contribution < -0.4 is 4.74 Å². The van der Waals surface area contributed by atoms with Crippen molar-refractivity contribution in [3.63, 3.8) is 0 Å². The van der Waals surface area contributed by atoms with Crippen molar-refractivity contribution in [1.29, 1.82) is 0 Å². The number of allylic oxidation sites excluding steroid dienone is 1. The van der Waals surface area contributed by atoms with E-state index < -0.39 is 23.8 Å². The first-order chi connectivity index (χ1) is 23.8. The molecular weight excluding hydrogens is 631 g/mol. The number of aliphatic hydroxyl groups excluding tert-OH is 2. The van der Waals surface area contributed by atoms with E-state index in [1.165, 1.54) is 19.2 Å². The third-order valence-electron chi connectivity index (χ3n) is 10.0. The number of oxime groups is 1. The summed E-state index contributed by atoms with van der Waals surface area (Å²) in [6.07, 6.45) is 8.00. The van der Waals surface area contributed by atoms with Gasteiger partial charge in [-0.15, -0.1) is 6.58 Å². The Morgan fingerprint density at radius 1 is 1.12 bits per heavy atom. The van der Waals surface area contributed by atoms with Crippen molar-refractivity contribution in [3.05, 3.63) is 83.7 Å². The molecule has 1 saturated carbocycles. The van der Waals surface area contributed by atoms with Crippen LogP contribution in [0.5, 0.6) is 11.5 Å². The molecule has 3 N–H and O–H groups in total. The molecule has 1 fully saturated rings. The molecule has 0 spiro atoms. The fraction of sp³-hybridized carbons (Fsp3) is 0.526. The van der Waals surface area contributed by atoms with Gasteiger partial charge in [-0.2, -0.15) is 0 Å². The SMILES string of the molecule is C=CCOC12Oc3ccc(O)cc3C3C(CCCCO)C(CCCCO)C=C(C(=NOC)CC1N(Cc1ccc(F)cc1)C(=O)OCC)C32. The number of carbonyl (C=O) groups excluding carboxylic acids is 1. The van der Waals surface area contributed by atoms with Gasteiger partial charge in [0.2, 0.25) is 5.79 Å². The molecule has 2 aliphatic carbocycles. The Labute approximate surface area is 287 Å². The molecule has 1 aliphatic heterocycles. The van der Waals surface area contributed by atoms with Crippen molar-refractivity contribution < 1.29 is 43.6 Å². The molecule has 11 heteroatoms. The Balaban J connectivity index is 1.76. The first kappa shape index (κ1) is 36.4. The molecule has 0 aromatic heterocycles. The van der Waals surface area contributed by atoms with Crippen LogP contribution in [0.1, 0.15) is 68.9 Å². The Kier molecular flexibility index (Phi) is 12.4. The van der Waals surface area contributed by atoms with E-state index >= 15 is 0 Å². The van der Waals surface area contributed by atoms with E-state index in [4.69, 9.17) is 19.0 Å². The van der Waals surface area contributed by atoms with Gasteiger partial charge in [0.1, 0.15) is 30.5 Å². The number of aliphatic hydroxyl groups is 2. The van der Waals surface area contributed by atoms with E-state index in [0.29, 0.717) is 29.9 Å². The van der Waals surface area contributed by atoms with Gasteiger partial charge in [0.25, 0.3) is 0 Å². The topological polar surface area (TPSA) is 130 Å². The van der Waals surface area contributed by atoms with E-state index in [0.717, 1.165) is 36.8 Å². The summed E-state index contributed by atoms with van der Waals surface area (Å²) in [6.45, 7) is 6.16. The van der Waals surface area contributed by atoms with Crippen molar-refractivity contribution in [2.45, 2.75) is 76.2 Å². The largest absolute Gasteiger partial charge is 0.508 e. The van der Waals surface area contributed by atoms with Crippen molar-refractivity contribution in [1.82, 2.24) is 4.90 Å². The van der Waals surface area contributed by atoms with Crippen LogP contribution >= 0.6 is 0 Å². The number of unbranched alkanes of at least 4 members (excludes halogenated alkanes) is 2. The Hall–Kier alpha value is -3.93. The highest BCUT2D eigenvalue weighted by molar-refractivity contribution is 6.02. The summed E-state index contributed by atoms with van der Waals surface area (Å²) >= 11 is 0. The van der Waals surface area contributed by atoms with E-state index in [-0.39, 0.29) is 68.7 Å². The number of nitrogens with zero attached hydrogens (tertiary/aromatic N) is 2. The minimum Gasteiger partial charge on any atom is -0.508 e. The van der Waals surface area contributed by atoms with Gasteiger partial charge in [-0.05, 0) is 85.9 Å². The monoisotopic (exact) mass is 680 g/mol. The smallest absolute Gasteiger partial charge is 0.410 e. The second-order valence-electron chi connectivity index (χ2n) is 12.9. The maximum Gasteiger partial charge on any atom is 0.410 e. The average molecular weight is 681 g/mol. The summed E-state index contributed by atoms with van der Waals surface area (Å²) in [6, 6.07) is 10.3. The molecule has 0 bridgehead atoms. The number of phenols is 1. The zero-order valence-corrected chi connectivity index (χ0v) is 28.4. The molecule has 1 amide bonds. The average Bonchev–Trinajstić information content (AvgIpc) is 3.09. The number of amides is 1. The lowest BCUT2D eigenvalue weighted by molar-refractivity contribution is -0.256. The Morgan fingerprint density at radius 3 is 2.53 bits per heavy atom. The number of carbonyl (C=O) groups is 1. The van der Waals surface area contributed by atoms with E-state index in [9.17, 15) is 24.5 Å². The molecule has 10 nitrogen and oxygen atoms in total. The number of hydrogen-bond acceptors (Lipinski definition) is 9. The van der Waals surface area contributed by atoms with Gasteiger partial charge < -0.3 is 34.4 Å². The lowest BCUT2D eigenvalue weighted by atomic mass is 9.55. The number of benzene rings is 2. The highest BCUT2D eigenvalue weighted by Crippen LogP contribution is 2.62. The van der Waals surface area contributed by atoms with Crippen LogP contribution in [0.3, 0.4) is 0 Å². The Bertz CT molecular complexity index is 1500. The van der Waals surface area contributed by atoms with Crippen molar-refractivity contribution >= 4 is 11.8 Å². The number of ether oxygens (including phenoxy) is 3. The Morgan fingerprint density at radius 2 is 1.86 bits per heavy atom.